The van der Waals surface area contributed by atoms with Gasteiger partial charge < -0.3 is 0 Å². The Labute approximate surface area is 176 Å². The van der Waals surface area contributed by atoms with Crippen molar-refractivity contribution in [1.29, 1.82) is 0 Å². The van der Waals surface area contributed by atoms with Gasteiger partial charge in [-0.15, -0.1) is 0 Å². The molecular formula is C26H21GeNO. The molecule has 0 bridgehead atoms. The summed E-state index contributed by atoms with van der Waals surface area (Å²) in [6, 6.07) is 22.4. The van der Waals surface area contributed by atoms with E-state index in [1.54, 1.807) is 18.3 Å². The van der Waals surface area contributed by atoms with Crippen molar-refractivity contribution in [2.75, 3.05) is 0 Å². The average Bonchev–Trinajstić information content (AvgIpc) is 3.27. The number of rotatable bonds is 1. The van der Waals surface area contributed by atoms with Crippen LogP contribution in [0.2, 0.25) is 11.5 Å². The summed E-state index contributed by atoms with van der Waals surface area (Å²) in [6.45, 7) is -2.18. The number of aromatic nitrogens is 1. The van der Waals surface area contributed by atoms with Gasteiger partial charge in [0.1, 0.15) is 0 Å². The van der Waals surface area contributed by atoms with Gasteiger partial charge >= 0.3 is 177 Å². The summed E-state index contributed by atoms with van der Waals surface area (Å²) in [5.41, 5.74) is 5.89. The molecule has 5 aromatic rings. The number of hydrogen-bond donors (Lipinski definition) is 0. The van der Waals surface area contributed by atoms with E-state index in [1.807, 2.05) is 12.1 Å². The fraction of sp³-hybridized carbons (Fsp3) is 0.115. The molecule has 0 atom stereocenters. The van der Waals surface area contributed by atoms with Crippen LogP contribution in [0, 0.1) is 6.85 Å². The first-order valence-electron chi connectivity index (χ1n) is 11.3. The van der Waals surface area contributed by atoms with Crippen LogP contribution in [0.15, 0.2) is 77.3 Å². The summed E-state index contributed by atoms with van der Waals surface area (Å²) in [7, 11) is 0. The molecule has 2 nitrogen and oxygen atoms in total. The number of aryl methyl sites for hydroxylation is 1. The van der Waals surface area contributed by atoms with Crippen LogP contribution in [0.5, 0.6) is 0 Å². The van der Waals surface area contributed by atoms with Crippen molar-refractivity contribution in [2.45, 2.75) is 18.4 Å². The number of fused-ring (bicyclic) bond motifs is 7. The van der Waals surface area contributed by atoms with Crippen LogP contribution in [-0.4, -0.2) is 18.3 Å². The molecule has 0 fully saturated rings. The van der Waals surface area contributed by atoms with Gasteiger partial charge in [-0.1, -0.05) is 0 Å². The summed E-state index contributed by atoms with van der Waals surface area (Å²) in [5, 5.41) is 2.11. The van der Waals surface area contributed by atoms with Crippen LogP contribution in [0.25, 0.3) is 44.3 Å². The van der Waals surface area contributed by atoms with Crippen LogP contribution in [-0.2, 0) is 0 Å². The van der Waals surface area contributed by atoms with Gasteiger partial charge in [0, 0.05) is 0 Å². The van der Waals surface area contributed by atoms with Crippen molar-refractivity contribution in [1.82, 2.24) is 4.98 Å². The number of nitrogens with zero attached hydrogens (tertiary/aromatic N) is 1. The third kappa shape index (κ3) is 2.27. The summed E-state index contributed by atoms with van der Waals surface area (Å²) in [4.78, 5) is 4.47. The number of benzene rings is 3. The molecule has 0 aliphatic carbocycles. The van der Waals surface area contributed by atoms with Crippen molar-refractivity contribution in [3.8, 4) is 22.4 Å². The minimum absolute atomic E-state index is 0.278. The van der Waals surface area contributed by atoms with Crippen LogP contribution in [0.3, 0.4) is 0 Å². The molecule has 6 rings (SSSR count). The molecule has 0 amide bonds. The third-order valence-corrected chi connectivity index (χ3v) is 13.7. The standard InChI is InChI=1S/C26H21GeNO/c1-16-13-14-28-23(15-16)20-9-6-8-17-18-11-12-22-24(26(18)29-25(17)20)19-7-4-5-10-21(19)27(22,2)3/h4-15H,1-3H3/i1D3. The monoisotopic (exact) mass is 440 g/mol. The topological polar surface area (TPSA) is 26.0 Å². The Morgan fingerprint density at radius 1 is 0.828 bits per heavy atom. The van der Waals surface area contributed by atoms with Crippen molar-refractivity contribution >= 4 is 44.0 Å². The van der Waals surface area contributed by atoms with Gasteiger partial charge in [-0.3, -0.25) is 0 Å². The first-order chi connectivity index (χ1) is 15.3. The van der Waals surface area contributed by atoms with Gasteiger partial charge in [-0.2, -0.15) is 0 Å². The van der Waals surface area contributed by atoms with Gasteiger partial charge in [-0.25, -0.2) is 0 Å². The van der Waals surface area contributed by atoms with Gasteiger partial charge in [0.15, 0.2) is 0 Å². The van der Waals surface area contributed by atoms with E-state index in [9.17, 15) is 0 Å². The Hall–Kier alpha value is -2.85. The van der Waals surface area contributed by atoms with E-state index in [-0.39, 0.29) is 5.56 Å². The minimum atomic E-state index is -2.38. The maximum atomic E-state index is 7.76. The van der Waals surface area contributed by atoms with E-state index in [0.29, 0.717) is 5.69 Å². The van der Waals surface area contributed by atoms with Crippen LogP contribution < -0.4 is 8.79 Å². The van der Waals surface area contributed by atoms with Crippen molar-refractivity contribution < 1.29 is 8.53 Å². The van der Waals surface area contributed by atoms with E-state index in [2.05, 4.69) is 59.0 Å². The molecule has 1 aliphatic rings. The Balaban J connectivity index is 1.67. The molecule has 2 aromatic heterocycles. The molecule has 0 spiro atoms. The first kappa shape index (κ1) is 14.2. The van der Waals surface area contributed by atoms with Gasteiger partial charge in [0.05, 0.1) is 0 Å². The molecule has 1 aliphatic heterocycles. The SMILES string of the molecule is [2H]C([2H])([2H])c1ccnc(-c2cccc3c2oc2c4[c](ccc23)[Ge]([CH3])([CH3])[c]2ccccc2-4)c1. The van der Waals surface area contributed by atoms with E-state index < -0.39 is 20.1 Å². The molecule has 3 heterocycles. The second kappa shape index (κ2) is 5.83. The molecule has 0 N–H and O–H groups in total. The Kier molecular flexibility index (Phi) is 2.85. The molecule has 0 saturated heterocycles. The summed E-state index contributed by atoms with van der Waals surface area (Å²) in [6.07, 6.45) is 1.56. The van der Waals surface area contributed by atoms with Crippen molar-refractivity contribution in [3.05, 3.63) is 78.5 Å². The first-order valence-corrected chi connectivity index (χ1v) is 16.1. The normalized spacial score (nSPS) is 16.3. The zero-order chi connectivity index (χ0) is 22.3. The molecule has 29 heavy (non-hydrogen) atoms. The Bertz CT molecular complexity index is 1550. The predicted octanol–water partition coefficient (Wildman–Crippen LogP) is 5.76. The Morgan fingerprint density at radius 3 is 2.55 bits per heavy atom. The van der Waals surface area contributed by atoms with Crippen LogP contribution in [0.1, 0.15) is 9.68 Å². The molecule has 3 aromatic carbocycles. The second-order valence-corrected chi connectivity index (χ2v) is 17.3. The van der Waals surface area contributed by atoms with E-state index in [4.69, 9.17) is 8.53 Å². The zero-order valence-electron chi connectivity index (χ0n) is 19.3. The van der Waals surface area contributed by atoms with Gasteiger partial charge in [0.2, 0.25) is 0 Å². The van der Waals surface area contributed by atoms with Crippen molar-refractivity contribution in [3.63, 3.8) is 0 Å². The third-order valence-electron chi connectivity index (χ3n) is 6.25. The zero-order valence-corrected chi connectivity index (χ0v) is 18.4. The van der Waals surface area contributed by atoms with Gasteiger partial charge in [0.25, 0.3) is 0 Å². The van der Waals surface area contributed by atoms with E-state index in [1.165, 1.54) is 19.9 Å². The van der Waals surface area contributed by atoms with Crippen LogP contribution in [0.4, 0.5) is 0 Å². The molecule has 3 heteroatoms. The number of para-hydroxylation sites is 1. The second-order valence-electron chi connectivity index (χ2n) is 8.25. The fourth-order valence-electron chi connectivity index (χ4n) is 4.82. The van der Waals surface area contributed by atoms with Crippen molar-refractivity contribution in [2.24, 2.45) is 0 Å². The Morgan fingerprint density at radius 2 is 1.66 bits per heavy atom. The summed E-state index contributed by atoms with van der Waals surface area (Å²) >= 11 is -2.38. The molecule has 0 saturated carbocycles. The van der Waals surface area contributed by atoms with Gasteiger partial charge in [-0.05, 0) is 0 Å². The maximum absolute atomic E-state index is 7.76. The molecular weight excluding hydrogens is 415 g/mol. The summed E-state index contributed by atoms with van der Waals surface area (Å²) in [5.74, 6) is 4.88. The predicted molar refractivity (Wildman–Crippen MR) is 124 cm³/mol. The fourth-order valence-corrected chi connectivity index (χ4v) is 11.2. The molecule has 140 valence electrons. The number of hydrogen-bond acceptors (Lipinski definition) is 2. The quantitative estimate of drug-likeness (QED) is 0.311. The molecule has 0 unspecified atom stereocenters. The number of furan rings is 1. The van der Waals surface area contributed by atoms with Crippen LogP contribution >= 0.6 is 0 Å². The number of pyridine rings is 1. The van der Waals surface area contributed by atoms with E-state index in [0.717, 1.165) is 27.5 Å². The molecule has 0 radical (unpaired) electrons. The summed E-state index contributed by atoms with van der Waals surface area (Å²) < 4.78 is 32.8. The average molecular weight is 439 g/mol. The van der Waals surface area contributed by atoms with E-state index >= 15 is 0 Å².